The third kappa shape index (κ3) is 5.19. The summed E-state index contributed by atoms with van der Waals surface area (Å²) in [5, 5.41) is 0. The highest BCUT2D eigenvalue weighted by Gasteiger charge is 2.31. The van der Waals surface area contributed by atoms with Crippen molar-refractivity contribution in [2.24, 2.45) is 0 Å². The van der Waals surface area contributed by atoms with Crippen LogP contribution < -0.4 is 0 Å². The summed E-state index contributed by atoms with van der Waals surface area (Å²) in [6.07, 6.45) is 0.375. The number of hydrogen-bond donors (Lipinski definition) is 0. The van der Waals surface area contributed by atoms with E-state index < -0.39 is 22.4 Å². The maximum atomic E-state index is 12.6. The summed E-state index contributed by atoms with van der Waals surface area (Å²) in [5.41, 5.74) is 1.87. The molecule has 162 valence electrons. The molecule has 1 aliphatic heterocycles. The van der Waals surface area contributed by atoms with Gasteiger partial charge in [-0.2, -0.15) is 0 Å². The highest BCUT2D eigenvalue weighted by Crippen LogP contribution is 2.29. The molecule has 0 radical (unpaired) electrons. The van der Waals surface area contributed by atoms with E-state index >= 15 is 0 Å². The van der Waals surface area contributed by atoms with Crippen LogP contribution in [0.2, 0.25) is 4.34 Å². The zero-order valence-electron chi connectivity index (χ0n) is 16.6. The topological polar surface area (TPSA) is 99.5 Å². The molecule has 0 aromatic carbocycles. The Morgan fingerprint density at radius 1 is 1.20 bits per heavy atom. The molecule has 0 spiro atoms. The molecule has 0 N–H and O–H groups in total. The summed E-state index contributed by atoms with van der Waals surface area (Å²) in [6, 6.07) is 4.74. The molecule has 1 aliphatic rings. The average Bonchev–Trinajstić information content (AvgIpc) is 3.34. The minimum Gasteiger partial charge on any atom is -0.457 e. The van der Waals surface area contributed by atoms with E-state index in [1.807, 2.05) is 11.5 Å². The molecular weight excluding hydrogens is 450 g/mol. The Balaban J connectivity index is 1.55. The van der Waals surface area contributed by atoms with E-state index in [9.17, 15) is 22.8 Å². The number of esters is 1. The van der Waals surface area contributed by atoms with E-state index in [1.165, 1.54) is 0 Å². The predicted octanol–water partition coefficient (Wildman–Crippen LogP) is 3.57. The van der Waals surface area contributed by atoms with Crippen LogP contribution in [0.3, 0.4) is 0 Å². The average molecular weight is 472 g/mol. The van der Waals surface area contributed by atoms with Crippen molar-refractivity contribution in [1.29, 1.82) is 0 Å². The lowest BCUT2D eigenvalue weighted by Gasteiger charge is -2.16. The van der Waals surface area contributed by atoms with Gasteiger partial charge in [0.25, 0.3) is 0 Å². The van der Waals surface area contributed by atoms with Crippen LogP contribution in [-0.4, -0.2) is 48.6 Å². The molecule has 1 unspecified atom stereocenters. The molecule has 0 aliphatic carbocycles. The quantitative estimate of drug-likeness (QED) is 0.431. The zero-order valence-corrected chi connectivity index (χ0v) is 19.0. The van der Waals surface area contributed by atoms with Gasteiger partial charge < -0.3 is 9.30 Å². The molecule has 2 aromatic heterocycles. The standard InChI is InChI=1S/C20H22ClNO6S2/c1-12-9-15(13(2)22(12)14-7-8-30(26,27)11-14)17(24)10-28-20(25)6-3-16(23)18-4-5-19(21)29-18/h4-5,9,14H,3,6-8,10-11H2,1-2H3. The minimum absolute atomic E-state index is 0.0193. The molecule has 10 heteroatoms. The molecule has 0 amide bonds. The number of nitrogens with zero attached hydrogens (tertiary/aromatic N) is 1. The summed E-state index contributed by atoms with van der Waals surface area (Å²) in [5.74, 6) is -0.984. The van der Waals surface area contributed by atoms with Gasteiger partial charge in [-0.1, -0.05) is 11.6 Å². The molecule has 0 bridgehead atoms. The van der Waals surface area contributed by atoms with E-state index in [2.05, 4.69) is 0 Å². The molecule has 1 atom stereocenters. The van der Waals surface area contributed by atoms with Crippen molar-refractivity contribution < 1.29 is 27.5 Å². The van der Waals surface area contributed by atoms with Gasteiger partial charge in [0.05, 0.1) is 27.1 Å². The number of Topliss-reactive ketones (excluding diaryl/α,β-unsaturated/α-hetero) is 2. The fourth-order valence-electron chi connectivity index (χ4n) is 3.70. The second-order valence-corrected chi connectivity index (χ2v) is 11.3. The van der Waals surface area contributed by atoms with Crippen LogP contribution in [0, 0.1) is 13.8 Å². The van der Waals surface area contributed by atoms with Gasteiger partial charge in [0.1, 0.15) is 0 Å². The SMILES string of the molecule is Cc1cc(C(=O)COC(=O)CCC(=O)c2ccc(Cl)s2)c(C)n1C1CCS(=O)(=O)C1. The summed E-state index contributed by atoms with van der Waals surface area (Å²) < 4.78 is 31.0. The van der Waals surface area contributed by atoms with Crippen molar-refractivity contribution in [3.05, 3.63) is 44.4 Å². The number of halogens is 1. The normalized spacial score (nSPS) is 17.8. The lowest BCUT2D eigenvalue weighted by molar-refractivity contribution is -0.142. The maximum Gasteiger partial charge on any atom is 0.306 e. The number of rotatable bonds is 8. The zero-order chi connectivity index (χ0) is 22.1. The highest BCUT2D eigenvalue weighted by molar-refractivity contribution is 7.91. The van der Waals surface area contributed by atoms with Gasteiger partial charge in [-0.15, -0.1) is 11.3 Å². The van der Waals surface area contributed by atoms with Crippen molar-refractivity contribution in [3.63, 3.8) is 0 Å². The van der Waals surface area contributed by atoms with Crippen LogP contribution in [0.1, 0.15) is 56.7 Å². The van der Waals surface area contributed by atoms with Crippen molar-refractivity contribution in [3.8, 4) is 0 Å². The molecule has 1 fully saturated rings. The molecular formula is C20H22ClNO6S2. The smallest absolute Gasteiger partial charge is 0.306 e. The first kappa shape index (κ1) is 22.7. The van der Waals surface area contributed by atoms with Gasteiger partial charge in [-0.3, -0.25) is 14.4 Å². The van der Waals surface area contributed by atoms with E-state index in [1.54, 1.807) is 25.1 Å². The Morgan fingerprint density at radius 3 is 2.53 bits per heavy atom. The molecule has 1 saturated heterocycles. The Morgan fingerprint density at radius 2 is 1.93 bits per heavy atom. The highest BCUT2D eigenvalue weighted by atomic mass is 35.5. The lowest BCUT2D eigenvalue weighted by atomic mass is 10.1. The molecule has 3 heterocycles. The molecule has 0 saturated carbocycles. The van der Waals surface area contributed by atoms with Crippen molar-refractivity contribution in [2.45, 2.75) is 39.2 Å². The Kier molecular flexibility index (Phi) is 6.84. The van der Waals surface area contributed by atoms with Gasteiger partial charge in [-0.05, 0) is 38.5 Å². The van der Waals surface area contributed by atoms with Gasteiger partial charge in [0.2, 0.25) is 5.78 Å². The monoisotopic (exact) mass is 471 g/mol. The van der Waals surface area contributed by atoms with E-state index in [4.69, 9.17) is 16.3 Å². The first-order valence-electron chi connectivity index (χ1n) is 9.43. The van der Waals surface area contributed by atoms with Crippen LogP contribution in [-0.2, 0) is 19.4 Å². The third-order valence-corrected chi connectivity index (χ3v) is 8.15. The number of hydrogen-bond acceptors (Lipinski definition) is 7. The second kappa shape index (κ2) is 9.03. The summed E-state index contributed by atoms with van der Waals surface area (Å²) >= 11 is 6.94. The third-order valence-electron chi connectivity index (χ3n) is 5.13. The van der Waals surface area contributed by atoms with Gasteiger partial charge in [0, 0.05) is 29.4 Å². The number of carbonyl (C=O) groups excluding carboxylic acids is 3. The number of ketones is 2. The summed E-state index contributed by atoms with van der Waals surface area (Å²) in [6.45, 7) is 3.16. The Labute approximate surface area is 183 Å². The molecule has 30 heavy (non-hydrogen) atoms. The molecule has 2 aromatic rings. The van der Waals surface area contributed by atoms with Crippen molar-refractivity contribution in [1.82, 2.24) is 4.57 Å². The summed E-state index contributed by atoms with van der Waals surface area (Å²) in [4.78, 5) is 37.0. The van der Waals surface area contributed by atoms with Crippen LogP contribution in [0.4, 0.5) is 0 Å². The predicted molar refractivity (Wildman–Crippen MR) is 114 cm³/mol. The summed E-state index contributed by atoms with van der Waals surface area (Å²) in [7, 11) is -3.05. The number of carbonyl (C=O) groups is 3. The van der Waals surface area contributed by atoms with Crippen LogP contribution in [0.15, 0.2) is 18.2 Å². The van der Waals surface area contributed by atoms with Crippen molar-refractivity contribution in [2.75, 3.05) is 18.1 Å². The van der Waals surface area contributed by atoms with Gasteiger partial charge in [0.15, 0.2) is 22.2 Å². The molecule has 3 rings (SSSR count). The Hall–Kier alpha value is -1.97. The van der Waals surface area contributed by atoms with E-state index in [0.717, 1.165) is 17.0 Å². The Bertz CT molecular complexity index is 1100. The number of aryl methyl sites for hydroxylation is 1. The lowest BCUT2D eigenvalue weighted by Crippen LogP contribution is -2.17. The maximum absolute atomic E-state index is 12.6. The number of aromatic nitrogens is 1. The van der Waals surface area contributed by atoms with Crippen LogP contribution in [0.5, 0.6) is 0 Å². The van der Waals surface area contributed by atoms with E-state index in [0.29, 0.717) is 26.9 Å². The first-order chi connectivity index (χ1) is 14.1. The molecule has 7 nitrogen and oxygen atoms in total. The fourth-order valence-corrected chi connectivity index (χ4v) is 6.41. The number of thiophene rings is 1. The fraction of sp³-hybridized carbons (Fsp3) is 0.450. The first-order valence-corrected chi connectivity index (χ1v) is 12.4. The van der Waals surface area contributed by atoms with Crippen LogP contribution in [0.25, 0.3) is 0 Å². The second-order valence-electron chi connectivity index (χ2n) is 7.32. The van der Waals surface area contributed by atoms with E-state index in [-0.39, 0.29) is 42.0 Å². The van der Waals surface area contributed by atoms with Crippen LogP contribution >= 0.6 is 22.9 Å². The largest absolute Gasteiger partial charge is 0.457 e. The van der Waals surface area contributed by atoms with Crippen molar-refractivity contribution >= 4 is 50.3 Å². The minimum atomic E-state index is -3.05. The number of ether oxygens (including phenoxy) is 1. The number of sulfone groups is 1. The van der Waals surface area contributed by atoms with Gasteiger partial charge in [-0.25, -0.2) is 8.42 Å². The van der Waals surface area contributed by atoms with Gasteiger partial charge >= 0.3 is 5.97 Å².